The maximum Gasteiger partial charge on any atom is 0.248 e. The molecule has 5 heteroatoms. The van der Waals surface area contributed by atoms with Gasteiger partial charge in [-0.05, 0) is 38.0 Å². The molecule has 2 atom stereocenters. The number of halogens is 1. The number of rotatable bonds is 3. The standard InChI is InChI=1S/C15H19FN2O2/c1-4-15(3)14(20)18(9-13(19)17-15)10(2)11-6-5-7-12(16)8-11/h5-8,10H,4,9H2,1-3H3,(H,17,19). The highest BCUT2D eigenvalue weighted by Crippen LogP contribution is 2.27. The first kappa shape index (κ1) is 14.5. The van der Waals surface area contributed by atoms with Crippen molar-refractivity contribution in [2.75, 3.05) is 6.54 Å². The molecule has 2 rings (SSSR count). The molecule has 1 heterocycles. The highest BCUT2D eigenvalue weighted by atomic mass is 19.1. The molecule has 2 amide bonds. The van der Waals surface area contributed by atoms with E-state index in [1.165, 1.54) is 17.0 Å². The molecule has 1 saturated heterocycles. The molecule has 1 N–H and O–H groups in total. The van der Waals surface area contributed by atoms with Gasteiger partial charge >= 0.3 is 0 Å². The molecule has 0 aliphatic carbocycles. The van der Waals surface area contributed by atoms with Gasteiger partial charge in [-0.15, -0.1) is 0 Å². The Morgan fingerprint density at radius 3 is 2.75 bits per heavy atom. The van der Waals surface area contributed by atoms with Crippen molar-refractivity contribution in [2.45, 2.75) is 38.8 Å². The van der Waals surface area contributed by atoms with E-state index < -0.39 is 5.54 Å². The van der Waals surface area contributed by atoms with E-state index in [0.29, 0.717) is 12.0 Å². The number of amides is 2. The van der Waals surface area contributed by atoms with Gasteiger partial charge in [-0.2, -0.15) is 0 Å². The van der Waals surface area contributed by atoms with Crippen LogP contribution in [0.5, 0.6) is 0 Å². The van der Waals surface area contributed by atoms with Crippen LogP contribution in [0, 0.1) is 5.82 Å². The summed E-state index contributed by atoms with van der Waals surface area (Å²) in [5, 5.41) is 2.74. The summed E-state index contributed by atoms with van der Waals surface area (Å²) < 4.78 is 13.3. The third-order valence-corrected chi connectivity index (χ3v) is 3.97. The fourth-order valence-electron chi connectivity index (χ4n) is 2.44. The smallest absolute Gasteiger partial charge is 0.248 e. The van der Waals surface area contributed by atoms with Crippen molar-refractivity contribution in [3.05, 3.63) is 35.6 Å². The summed E-state index contributed by atoms with van der Waals surface area (Å²) in [5.41, 5.74) is -0.191. The van der Waals surface area contributed by atoms with Crippen molar-refractivity contribution < 1.29 is 14.0 Å². The second-order valence-corrected chi connectivity index (χ2v) is 5.40. The normalized spacial score (nSPS) is 24.5. The SMILES string of the molecule is CCC1(C)NC(=O)CN(C(C)c2cccc(F)c2)C1=O. The van der Waals surface area contributed by atoms with E-state index in [-0.39, 0.29) is 30.2 Å². The van der Waals surface area contributed by atoms with Gasteiger partial charge in [-0.25, -0.2) is 4.39 Å². The van der Waals surface area contributed by atoms with Crippen LogP contribution in [0.2, 0.25) is 0 Å². The van der Waals surface area contributed by atoms with Crippen LogP contribution in [0.4, 0.5) is 4.39 Å². The number of hydrogen-bond donors (Lipinski definition) is 1. The predicted molar refractivity (Wildman–Crippen MR) is 73.4 cm³/mol. The third kappa shape index (κ3) is 2.53. The largest absolute Gasteiger partial charge is 0.340 e. The molecule has 20 heavy (non-hydrogen) atoms. The van der Waals surface area contributed by atoms with Gasteiger partial charge in [0, 0.05) is 0 Å². The van der Waals surface area contributed by atoms with E-state index in [4.69, 9.17) is 0 Å². The lowest BCUT2D eigenvalue weighted by Gasteiger charge is -2.42. The van der Waals surface area contributed by atoms with Gasteiger partial charge in [-0.3, -0.25) is 9.59 Å². The number of benzene rings is 1. The number of hydrogen-bond acceptors (Lipinski definition) is 2. The van der Waals surface area contributed by atoms with Crippen LogP contribution in [-0.4, -0.2) is 28.8 Å². The summed E-state index contributed by atoms with van der Waals surface area (Å²) >= 11 is 0. The minimum atomic E-state index is -0.878. The first-order valence-electron chi connectivity index (χ1n) is 6.75. The van der Waals surface area contributed by atoms with Crippen LogP contribution in [0.3, 0.4) is 0 Å². The van der Waals surface area contributed by atoms with Crippen LogP contribution in [-0.2, 0) is 9.59 Å². The summed E-state index contributed by atoms with van der Waals surface area (Å²) in [6.45, 7) is 5.39. The molecule has 108 valence electrons. The van der Waals surface area contributed by atoms with E-state index >= 15 is 0 Å². The summed E-state index contributed by atoms with van der Waals surface area (Å²) in [7, 11) is 0. The molecule has 0 bridgehead atoms. The first-order valence-corrected chi connectivity index (χ1v) is 6.75. The van der Waals surface area contributed by atoms with E-state index in [1.54, 1.807) is 26.0 Å². The molecule has 0 aromatic heterocycles. The number of nitrogens with one attached hydrogen (secondary N) is 1. The summed E-state index contributed by atoms with van der Waals surface area (Å²) in [4.78, 5) is 25.9. The van der Waals surface area contributed by atoms with E-state index in [1.807, 2.05) is 6.92 Å². The minimum absolute atomic E-state index is 0.00605. The monoisotopic (exact) mass is 278 g/mol. The topological polar surface area (TPSA) is 49.4 Å². The zero-order valence-electron chi connectivity index (χ0n) is 11.9. The molecule has 1 aromatic carbocycles. The van der Waals surface area contributed by atoms with Gasteiger partial charge in [0.05, 0.1) is 6.04 Å². The van der Waals surface area contributed by atoms with Crippen LogP contribution in [0.15, 0.2) is 24.3 Å². The van der Waals surface area contributed by atoms with Gasteiger partial charge in [0.25, 0.3) is 0 Å². The van der Waals surface area contributed by atoms with Crippen LogP contribution >= 0.6 is 0 Å². The Bertz CT molecular complexity index is 546. The Morgan fingerprint density at radius 2 is 2.15 bits per heavy atom. The lowest BCUT2D eigenvalue weighted by atomic mass is 9.92. The lowest BCUT2D eigenvalue weighted by molar-refractivity contribution is -0.151. The number of carbonyl (C=O) groups excluding carboxylic acids is 2. The molecule has 2 unspecified atom stereocenters. The van der Waals surface area contributed by atoms with E-state index in [9.17, 15) is 14.0 Å². The lowest BCUT2D eigenvalue weighted by Crippen LogP contribution is -2.65. The van der Waals surface area contributed by atoms with Gasteiger partial charge in [-0.1, -0.05) is 19.1 Å². The number of carbonyl (C=O) groups is 2. The Balaban J connectivity index is 2.31. The molecule has 0 radical (unpaired) electrons. The number of piperazine rings is 1. The molecule has 1 aliphatic heterocycles. The molecule has 1 fully saturated rings. The van der Waals surface area contributed by atoms with Gasteiger partial charge in [0.1, 0.15) is 17.9 Å². The highest BCUT2D eigenvalue weighted by molar-refractivity contribution is 5.97. The average molecular weight is 278 g/mol. The van der Waals surface area contributed by atoms with Crippen LogP contribution < -0.4 is 5.32 Å². The Kier molecular flexibility index (Phi) is 3.79. The molecular weight excluding hydrogens is 259 g/mol. The van der Waals surface area contributed by atoms with Gasteiger partial charge in [0.15, 0.2) is 0 Å². The zero-order chi connectivity index (χ0) is 14.9. The second-order valence-electron chi connectivity index (χ2n) is 5.40. The van der Waals surface area contributed by atoms with Gasteiger partial charge < -0.3 is 10.2 Å². The van der Waals surface area contributed by atoms with E-state index in [2.05, 4.69) is 5.32 Å². The zero-order valence-corrected chi connectivity index (χ0v) is 11.9. The fraction of sp³-hybridized carbons (Fsp3) is 0.467. The molecule has 1 aliphatic rings. The molecule has 0 spiro atoms. The quantitative estimate of drug-likeness (QED) is 0.919. The van der Waals surface area contributed by atoms with Crippen molar-refractivity contribution in [2.24, 2.45) is 0 Å². The Morgan fingerprint density at radius 1 is 1.45 bits per heavy atom. The van der Waals surface area contributed by atoms with Crippen molar-refractivity contribution in [3.8, 4) is 0 Å². The van der Waals surface area contributed by atoms with Crippen molar-refractivity contribution in [1.29, 1.82) is 0 Å². The van der Waals surface area contributed by atoms with Gasteiger partial charge in [0.2, 0.25) is 11.8 Å². The molecule has 1 aromatic rings. The van der Waals surface area contributed by atoms with Crippen molar-refractivity contribution >= 4 is 11.8 Å². The van der Waals surface area contributed by atoms with Crippen LogP contribution in [0.1, 0.15) is 38.8 Å². The first-order chi connectivity index (χ1) is 9.37. The van der Waals surface area contributed by atoms with Crippen molar-refractivity contribution in [3.63, 3.8) is 0 Å². The maximum atomic E-state index is 13.3. The van der Waals surface area contributed by atoms with E-state index in [0.717, 1.165) is 0 Å². The summed E-state index contributed by atoms with van der Waals surface area (Å²) in [6.07, 6.45) is 0.518. The average Bonchev–Trinajstić information content (AvgIpc) is 2.42. The molecule has 0 saturated carbocycles. The third-order valence-electron chi connectivity index (χ3n) is 3.97. The molecular formula is C15H19FN2O2. The predicted octanol–water partition coefficient (Wildman–Crippen LogP) is 2.01. The Hall–Kier alpha value is -1.91. The summed E-state index contributed by atoms with van der Waals surface area (Å²) in [5.74, 6) is -0.657. The summed E-state index contributed by atoms with van der Waals surface area (Å²) in [6, 6.07) is 5.78. The maximum absolute atomic E-state index is 13.3. The fourth-order valence-corrected chi connectivity index (χ4v) is 2.44. The van der Waals surface area contributed by atoms with Crippen LogP contribution in [0.25, 0.3) is 0 Å². The minimum Gasteiger partial charge on any atom is -0.340 e. The number of nitrogens with zero attached hydrogens (tertiary/aromatic N) is 1. The Labute approximate surface area is 118 Å². The second kappa shape index (κ2) is 5.23. The highest BCUT2D eigenvalue weighted by Gasteiger charge is 2.43. The molecule has 4 nitrogen and oxygen atoms in total. The van der Waals surface area contributed by atoms with Crippen molar-refractivity contribution in [1.82, 2.24) is 10.2 Å².